The van der Waals surface area contributed by atoms with Crippen molar-refractivity contribution in [1.82, 2.24) is 9.78 Å². The minimum absolute atomic E-state index is 0.716. The largest absolute Gasteiger partial charge is 0.493 e. The van der Waals surface area contributed by atoms with Crippen LogP contribution in [0.1, 0.15) is 18.1 Å². The molecule has 4 rings (SSSR count). The van der Waals surface area contributed by atoms with Crippen molar-refractivity contribution in [3.05, 3.63) is 53.6 Å². The first-order valence-electron chi connectivity index (χ1n) is 8.93. The summed E-state index contributed by atoms with van der Waals surface area (Å²) in [5.74, 6) is 2.53. The molecule has 1 aliphatic heterocycles. The third-order valence-corrected chi connectivity index (χ3v) is 4.91. The van der Waals surface area contributed by atoms with Crippen LogP contribution in [0.3, 0.4) is 0 Å². The Balaban J connectivity index is 1.87. The SMILES string of the molecule is CCc1ccccc1-n1nc(-c2ccc(OC)c(OC)c2)c2c1NCC2. The van der Waals surface area contributed by atoms with Gasteiger partial charge in [-0.15, -0.1) is 0 Å². The molecule has 1 aliphatic rings. The molecule has 0 spiro atoms. The summed E-state index contributed by atoms with van der Waals surface area (Å²) in [7, 11) is 3.30. The van der Waals surface area contributed by atoms with Gasteiger partial charge in [-0.25, -0.2) is 4.68 Å². The highest BCUT2D eigenvalue weighted by molar-refractivity contribution is 5.74. The molecular formula is C21H23N3O2. The summed E-state index contributed by atoms with van der Waals surface area (Å²) < 4.78 is 12.9. The van der Waals surface area contributed by atoms with E-state index in [0.717, 1.165) is 47.9 Å². The summed E-state index contributed by atoms with van der Waals surface area (Å²) in [6.45, 7) is 3.10. The van der Waals surface area contributed by atoms with Crippen molar-refractivity contribution in [3.8, 4) is 28.4 Å². The monoisotopic (exact) mass is 349 g/mol. The van der Waals surface area contributed by atoms with E-state index >= 15 is 0 Å². The van der Waals surface area contributed by atoms with E-state index in [0.29, 0.717) is 5.75 Å². The highest BCUT2D eigenvalue weighted by Gasteiger charge is 2.25. The van der Waals surface area contributed by atoms with Gasteiger partial charge in [-0.1, -0.05) is 25.1 Å². The van der Waals surface area contributed by atoms with Crippen molar-refractivity contribution in [3.63, 3.8) is 0 Å². The molecule has 26 heavy (non-hydrogen) atoms. The smallest absolute Gasteiger partial charge is 0.161 e. The second-order valence-electron chi connectivity index (χ2n) is 6.32. The van der Waals surface area contributed by atoms with Gasteiger partial charge in [0.1, 0.15) is 5.82 Å². The Labute approximate surface area is 153 Å². The number of benzene rings is 2. The maximum atomic E-state index is 5.47. The lowest BCUT2D eigenvalue weighted by Gasteiger charge is -2.11. The van der Waals surface area contributed by atoms with Crippen molar-refractivity contribution in [1.29, 1.82) is 0 Å². The standard InChI is InChI=1S/C21H23N3O2/c1-4-14-7-5-6-8-17(14)24-21-16(11-12-22-21)20(23-24)15-9-10-18(25-2)19(13-15)26-3/h5-10,13,22H,4,11-12H2,1-3H3. The van der Waals surface area contributed by atoms with E-state index in [9.17, 15) is 0 Å². The predicted molar refractivity (Wildman–Crippen MR) is 104 cm³/mol. The second kappa shape index (κ2) is 6.75. The third kappa shape index (κ3) is 2.60. The highest BCUT2D eigenvalue weighted by atomic mass is 16.5. The molecular weight excluding hydrogens is 326 g/mol. The lowest BCUT2D eigenvalue weighted by molar-refractivity contribution is 0.355. The number of ether oxygens (including phenoxy) is 2. The van der Waals surface area contributed by atoms with E-state index in [-0.39, 0.29) is 0 Å². The summed E-state index contributed by atoms with van der Waals surface area (Å²) in [4.78, 5) is 0. The van der Waals surface area contributed by atoms with Gasteiger partial charge in [0.15, 0.2) is 11.5 Å². The molecule has 2 heterocycles. The summed E-state index contributed by atoms with van der Waals surface area (Å²) >= 11 is 0. The van der Waals surface area contributed by atoms with Gasteiger partial charge in [0, 0.05) is 17.7 Å². The molecule has 0 aliphatic carbocycles. The Bertz CT molecular complexity index is 946. The van der Waals surface area contributed by atoms with Crippen LogP contribution in [-0.4, -0.2) is 30.5 Å². The highest BCUT2D eigenvalue weighted by Crippen LogP contribution is 2.38. The van der Waals surface area contributed by atoms with E-state index in [4.69, 9.17) is 14.6 Å². The van der Waals surface area contributed by atoms with Gasteiger partial charge in [0.2, 0.25) is 0 Å². The average molecular weight is 349 g/mol. The van der Waals surface area contributed by atoms with Crippen molar-refractivity contribution in [2.75, 3.05) is 26.1 Å². The Kier molecular flexibility index (Phi) is 4.29. The molecule has 3 aromatic rings. The Morgan fingerprint density at radius 2 is 1.88 bits per heavy atom. The molecule has 0 radical (unpaired) electrons. The number of para-hydroxylation sites is 1. The summed E-state index contributed by atoms with van der Waals surface area (Å²) in [5.41, 5.74) is 5.70. The Morgan fingerprint density at radius 3 is 2.65 bits per heavy atom. The van der Waals surface area contributed by atoms with Crippen LogP contribution in [0.5, 0.6) is 11.5 Å². The van der Waals surface area contributed by atoms with Crippen LogP contribution in [-0.2, 0) is 12.8 Å². The molecule has 5 nitrogen and oxygen atoms in total. The molecule has 0 bridgehead atoms. The number of aryl methyl sites for hydroxylation is 1. The number of methoxy groups -OCH3 is 2. The number of fused-ring (bicyclic) bond motifs is 1. The fraction of sp³-hybridized carbons (Fsp3) is 0.286. The molecule has 0 saturated carbocycles. The number of anilines is 1. The number of nitrogens with one attached hydrogen (secondary N) is 1. The van der Waals surface area contributed by atoms with Crippen molar-refractivity contribution < 1.29 is 9.47 Å². The molecule has 0 saturated heterocycles. The molecule has 1 N–H and O–H groups in total. The van der Waals surface area contributed by atoms with Crippen LogP contribution >= 0.6 is 0 Å². The van der Waals surface area contributed by atoms with Crippen LogP contribution in [0.4, 0.5) is 5.82 Å². The zero-order valence-electron chi connectivity index (χ0n) is 15.4. The fourth-order valence-corrected chi connectivity index (χ4v) is 3.58. The van der Waals surface area contributed by atoms with E-state index in [2.05, 4.69) is 36.5 Å². The van der Waals surface area contributed by atoms with Crippen LogP contribution in [0.2, 0.25) is 0 Å². The minimum Gasteiger partial charge on any atom is -0.493 e. The number of hydrogen-bond donors (Lipinski definition) is 1. The van der Waals surface area contributed by atoms with Crippen LogP contribution in [0, 0.1) is 0 Å². The summed E-state index contributed by atoms with van der Waals surface area (Å²) in [6.07, 6.45) is 1.93. The first-order valence-corrected chi connectivity index (χ1v) is 8.93. The van der Waals surface area contributed by atoms with Crippen LogP contribution in [0.15, 0.2) is 42.5 Å². The Morgan fingerprint density at radius 1 is 1.08 bits per heavy atom. The number of rotatable bonds is 5. The van der Waals surface area contributed by atoms with Gasteiger partial charge in [0.05, 0.1) is 25.6 Å². The molecule has 2 aromatic carbocycles. The topological polar surface area (TPSA) is 48.3 Å². The lowest BCUT2D eigenvalue weighted by atomic mass is 10.1. The average Bonchev–Trinajstić information content (AvgIpc) is 3.30. The van der Waals surface area contributed by atoms with Crippen molar-refractivity contribution in [2.24, 2.45) is 0 Å². The maximum absolute atomic E-state index is 5.47. The van der Waals surface area contributed by atoms with Crippen LogP contribution < -0.4 is 14.8 Å². The Hall–Kier alpha value is -2.95. The second-order valence-corrected chi connectivity index (χ2v) is 6.32. The maximum Gasteiger partial charge on any atom is 0.161 e. The minimum atomic E-state index is 0.716. The molecule has 0 atom stereocenters. The van der Waals surface area contributed by atoms with Gasteiger partial charge in [-0.2, -0.15) is 5.10 Å². The first-order chi connectivity index (χ1) is 12.8. The van der Waals surface area contributed by atoms with Gasteiger partial charge in [-0.3, -0.25) is 0 Å². The number of nitrogens with zero attached hydrogens (tertiary/aromatic N) is 2. The molecule has 1 aromatic heterocycles. The van der Waals surface area contributed by atoms with Gasteiger partial charge in [-0.05, 0) is 42.7 Å². The lowest BCUT2D eigenvalue weighted by Crippen LogP contribution is -2.06. The zero-order chi connectivity index (χ0) is 18.1. The van der Waals surface area contributed by atoms with E-state index in [1.165, 1.54) is 11.1 Å². The first kappa shape index (κ1) is 16.5. The summed E-state index contributed by atoms with van der Waals surface area (Å²) in [5, 5.41) is 8.47. The summed E-state index contributed by atoms with van der Waals surface area (Å²) in [6, 6.07) is 14.4. The van der Waals surface area contributed by atoms with E-state index in [1.807, 2.05) is 22.9 Å². The molecule has 0 fully saturated rings. The quantitative estimate of drug-likeness (QED) is 0.754. The van der Waals surface area contributed by atoms with Crippen LogP contribution in [0.25, 0.3) is 16.9 Å². The van der Waals surface area contributed by atoms with E-state index in [1.54, 1.807) is 14.2 Å². The molecule has 5 heteroatoms. The van der Waals surface area contributed by atoms with Crippen molar-refractivity contribution >= 4 is 5.82 Å². The molecule has 0 amide bonds. The number of aromatic nitrogens is 2. The normalized spacial score (nSPS) is 12.6. The number of hydrogen-bond acceptors (Lipinski definition) is 4. The molecule has 0 unspecified atom stereocenters. The van der Waals surface area contributed by atoms with Gasteiger partial charge < -0.3 is 14.8 Å². The molecule has 134 valence electrons. The zero-order valence-corrected chi connectivity index (χ0v) is 15.4. The van der Waals surface area contributed by atoms with Gasteiger partial charge in [0.25, 0.3) is 0 Å². The van der Waals surface area contributed by atoms with Crippen molar-refractivity contribution in [2.45, 2.75) is 19.8 Å². The predicted octanol–water partition coefficient (Wildman–Crippen LogP) is 4.09. The van der Waals surface area contributed by atoms with Gasteiger partial charge >= 0.3 is 0 Å². The fourth-order valence-electron chi connectivity index (χ4n) is 3.58. The third-order valence-electron chi connectivity index (χ3n) is 4.91. The van der Waals surface area contributed by atoms with E-state index < -0.39 is 0 Å².